The third-order valence-electron chi connectivity index (χ3n) is 5.72. The molecule has 1 saturated carbocycles. The van der Waals surface area contributed by atoms with Crippen LogP contribution in [0.5, 0.6) is 0 Å². The van der Waals surface area contributed by atoms with Gasteiger partial charge in [-0.05, 0) is 38.3 Å². The predicted molar refractivity (Wildman–Crippen MR) is 120 cm³/mol. The van der Waals surface area contributed by atoms with E-state index in [4.69, 9.17) is 16.3 Å². The van der Waals surface area contributed by atoms with Crippen molar-refractivity contribution in [1.82, 2.24) is 9.97 Å². The Kier molecular flexibility index (Phi) is 6.33. The number of hydrogen-bond donors (Lipinski definition) is 2. The van der Waals surface area contributed by atoms with Crippen LogP contribution >= 0.6 is 0 Å². The highest BCUT2D eigenvalue weighted by Crippen LogP contribution is 2.44. The van der Waals surface area contributed by atoms with Gasteiger partial charge in [0.05, 0.1) is 11.4 Å². The molecule has 0 amide bonds. The van der Waals surface area contributed by atoms with Crippen molar-refractivity contribution >= 4 is 17.6 Å². The van der Waals surface area contributed by atoms with E-state index in [1.54, 1.807) is 7.11 Å². The van der Waals surface area contributed by atoms with Crippen LogP contribution in [0.1, 0.15) is 62.6 Å². The second-order valence-corrected chi connectivity index (χ2v) is 8.14. The number of hydrogen-bond acceptors (Lipinski definition) is 6. The first-order valence-electron chi connectivity index (χ1n) is 10.2. The monoisotopic (exact) mass is 393 g/mol. The van der Waals surface area contributed by atoms with Crippen molar-refractivity contribution in [2.45, 2.75) is 57.4 Å². The lowest BCUT2D eigenvalue weighted by Crippen LogP contribution is -2.36. The highest BCUT2D eigenvalue weighted by molar-refractivity contribution is 6.15. The maximum atomic E-state index is 6.13. The van der Waals surface area contributed by atoms with Gasteiger partial charge in [-0.1, -0.05) is 49.2 Å². The van der Waals surface area contributed by atoms with Crippen LogP contribution < -0.4 is 11.5 Å². The topological polar surface area (TPSA) is 99.4 Å². The Bertz CT molecular complexity index is 913. The molecule has 29 heavy (non-hydrogen) atoms. The molecular formula is C23H31N5O. The van der Waals surface area contributed by atoms with Gasteiger partial charge in [0.25, 0.3) is 0 Å². The second kappa shape index (κ2) is 8.74. The van der Waals surface area contributed by atoms with Crippen molar-refractivity contribution in [3.63, 3.8) is 0 Å². The van der Waals surface area contributed by atoms with Crippen LogP contribution in [0, 0.1) is 0 Å². The average molecular weight is 394 g/mol. The molecule has 0 bridgehead atoms. The van der Waals surface area contributed by atoms with Gasteiger partial charge >= 0.3 is 0 Å². The summed E-state index contributed by atoms with van der Waals surface area (Å²) in [6.07, 6.45) is 9.96. The number of nitrogens with two attached hydrogens (primary N) is 2. The van der Waals surface area contributed by atoms with Gasteiger partial charge in [-0.25, -0.2) is 9.97 Å². The molecule has 1 fully saturated rings. The van der Waals surface area contributed by atoms with E-state index in [1.807, 2.05) is 38.1 Å². The van der Waals surface area contributed by atoms with E-state index in [1.165, 1.54) is 38.4 Å². The zero-order valence-corrected chi connectivity index (χ0v) is 17.6. The fourth-order valence-corrected chi connectivity index (χ4v) is 4.15. The normalized spacial score (nSPS) is 18.8. The van der Waals surface area contributed by atoms with Crippen LogP contribution in [-0.2, 0) is 10.3 Å². The number of rotatable bonds is 2. The minimum absolute atomic E-state index is 0.455. The van der Waals surface area contributed by atoms with Crippen LogP contribution in [0.3, 0.4) is 0 Å². The van der Waals surface area contributed by atoms with Crippen molar-refractivity contribution in [3.05, 3.63) is 47.8 Å². The van der Waals surface area contributed by atoms with Crippen molar-refractivity contribution < 1.29 is 4.84 Å². The van der Waals surface area contributed by atoms with Gasteiger partial charge in [0.15, 0.2) is 0 Å². The van der Waals surface area contributed by atoms with Gasteiger partial charge in [-0.3, -0.25) is 0 Å². The molecule has 1 aromatic carbocycles. The zero-order chi connectivity index (χ0) is 21.0. The summed E-state index contributed by atoms with van der Waals surface area (Å²) in [5.74, 6) is 0.470. The summed E-state index contributed by atoms with van der Waals surface area (Å²) < 4.78 is 0. The Morgan fingerprint density at radius 1 is 1.17 bits per heavy atom. The summed E-state index contributed by atoms with van der Waals surface area (Å²) in [7, 11) is 1.54. The molecule has 4 rings (SSSR count). The Morgan fingerprint density at radius 3 is 2.48 bits per heavy atom. The molecule has 2 aromatic rings. The molecule has 154 valence electrons. The number of anilines is 1. The highest BCUT2D eigenvalue weighted by Gasteiger charge is 2.40. The standard InChI is InChI=1S/C17H18N4O.C6H13N/c1-5-10-6-7-11-12(8-10)15(21-22-4)17(2,3)13-14(11)19-9-20-16(13)18;7-6-4-2-1-3-5-6/h5-9H,1H2,2-4H3,(H2,18,19,20);6H,1-5,7H2/b21-15+;. The minimum atomic E-state index is -0.455. The maximum absolute atomic E-state index is 6.13. The summed E-state index contributed by atoms with van der Waals surface area (Å²) >= 11 is 0. The summed E-state index contributed by atoms with van der Waals surface area (Å²) in [6.45, 7) is 7.93. The number of nitrogens with zero attached hydrogens (tertiary/aromatic N) is 3. The third kappa shape index (κ3) is 4.17. The maximum Gasteiger partial charge on any atom is 0.131 e. The van der Waals surface area contributed by atoms with E-state index < -0.39 is 5.41 Å². The highest BCUT2D eigenvalue weighted by atomic mass is 16.6. The van der Waals surface area contributed by atoms with Gasteiger partial charge < -0.3 is 16.3 Å². The number of nitrogen functional groups attached to an aromatic ring is 1. The van der Waals surface area contributed by atoms with Crippen LogP contribution in [0.2, 0.25) is 0 Å². The Balaban J connectivity index is 0.000000290. The molecule has 0 atom stereocenters. The summed E-state index contributed by atoms with van der Waals surface area (Å²) in [4.78, 5) is 13.7. The molecule has 0 unspecified atom stereocenters. The van der Waals surface area contributed by atoms with Crippen LogP contribution in [0.25, 0.3) is 17.3 Å². The largest absolute Gasteiger partial charge is 0.399 e. The Labute approximate surface area is 173 Å². The molecule has 4 N–H and O–H groups in total. The predicted octanol–water partition coefficient (Wildman–Crippen LogP) is 4.29. The van der Waals surface area contributed by atoms with Crippen molar-refractivity contribution in [2.75, 3.05) is 12.8 Å². The van der Waals surface area contributed by atoms with E-state index >= 15 is 0 Å². The molecule has 0 saturated heterocycles. The molecule has 6 heteroatoms. The zero-order valence-electron chi connectivity index (χ0n) is 17.6. The second-order valence-electron chi connectivity index (χ2n) is 8.14. The van der Waals surface area contributed by atoms with Crippen molar-refractivity contribution in [1.29, 1.82) is 0 Å². The molecule has 2 aliphatic carbocycles. The molecule has 2 aliphatic rings. The lowest BCUT2D eigenvalue weighted by Gasteiger charge is -2.34. The van der Waals surface area contributed by atoms with E-state index in [2.05, 4.69) is 21.7 Å². The third-order valence-corrected chi connectivity index (χ3v) is 5.72. The van der Waals surface area contributed by atoms with E-state index in [0.29, 0.717) is 11.9 Å². The minimum Gasteiger partial charge on any atom is -0.399 e. The number of fused-ring (bicyclic) bond motifs is 3. The van der Waals surface area contributed by atoms with Crippen LogP contribution in [0.4, 0.5) is 5.82 Å². The molecule has 6 nitrogen and oxygen atoms in total. The van der Waals surface area contributed by atoms with Crippen LogP contribution in [0.15, 0.2) is 36.3 Å². The molecule has 1 aromatic heterocycles. The molecular weight excluding hydrogens is 362 g/mol. The van der Waals surface area contributed by atoms with E-state index in [-0.39, 0.29) is 0 Å². The Hall–Kier alpha value is -2.73. The fraction of sp³-hybridized carbons (Fsp3) is 0.435. The van der Waals surface area contributed by atoms with Gasteiger partial charge in [-0.2, -0.15) is 0 Å². The lowest BCUT2D eigenvalue weighted by molar-refractivity contribution is 0.211. The number of oxime groups is 1. The smallest absolute Gasteiger partial charge is 0.131 e. The van der Waals surface area contributed by atoms with Gasteiger partial charge in [-0.15, -0.1) is 0 Å². The average Bonchev–Trinajstić information content (AvgIpc) is 2.71. The lowest BCUT2D eigenvalue weighted by atomic mass is 9.70. The van der Waals surface area contributed by atoms with Gasteiger partial charge in [0, 0.05) is 28.1 Å². The number of aromatic nitrogens is 2. The van der Waals surface area contributed by atoms with Crippen molar-refractivity contribution in [3.8, 4) is 11.3 Å². The first kappa shape index (κ1) is 21.0. The van der Waals surface area contributed by atoms with E-state index in [9.17, 15) is 0 Å². The summed E-state index contributed by atoms with van der Waals surface area (Å²) in [5, 5.41) is 4.26. The van der Waals surface area contributed by atoms with Gasteiger partial charge in [0.1, 0.15) is 19.3 Å². The molecule has 1 heterocycles. The fourth-order valence-electron chi connectivity index (χ4n) is 4.15. The first-order chi connectivity index (χ1) is 13.9. The molecule has 0 aliphatic heterocycles. The van der Waals surface area contributed by atoms with Crippen LogP contribution in [-0.4, -0.2) is 28.8 Å². The van der Waals surface area contributed by atoms with E-state index in [0.717, 1.165) is 33.7 Å². The Morgan fingerprint density at radius 2 is 1.90 bits per heavy atom. The molecule has 0 spiro atoms. The summed E-state index contributed by atoms with van der Waals surface area (Å²) in [6, 6.07) is 6.59. The summed E-state index contributed by atoms with van der Waals surface area (Å²) in [5.41, 5.74) is 16.8. The SMILES string of the molecule is C=Cc1ccc2c(c1)/C(=N\OC)C(C)(C)c1c(N)ncnc1-2.NC1CCCCC1. The quantitative estimate of drug-likeness (QED) is 0.742. The number of benzene rings is 1. The van der Waals surface area contributed by atoms with Crippen molar-refractivity contribution in [2.24, 2.45) is 10.9 Å². The first-order valence-corrected chi connectivity index (χ1v) is 10.2. The van der Waals surface area contributed by atoms with Gasteiger partial charge in [0.2, 0.25) is 0 Å². The molecule has 0 radical (unpaired) electrons.